The molecule has 0 aliphatic carbocycles. The third kappa shape index (κ3) is 7.33. The predicted molar refractivity (Wildman–Crippen MR) is 116 cm³/mol. The Labute approximate surface area is 181 Å². The number of aliphatic hydroxyl groups is 2. The van der Waals surface area contributed by atoms with E-state index in [9.17, 15) is 20.1 Å². The quantitative estimate of drug-likeness (QED) is 0.253. The number of carbonyl (C=O) groups is 1. The summed E-state index contributed by atoms with van der Waals surface area (Å²) in [4.78, 5) is 11.8. The van der Waals surface area contributed by atoms with Gasteiger partial charge in [0.05, 0.1) is 19.1 Å². The molecule has 0 spiro atoms. The Balaban J connectivity index is 1.56. The maximum absolute atomic E-state index is 11.8. The number of ether oxygens (including phenoxy) is 2. The van der Waals surface area contributed by atoms with Gasteiger partial charge in [0.25, 0.3) is 0 Å². The van der Waals surface area contributed by atoms with Gasteiger partial charge in [0.2, 0.25) is 0 Å². The average molecular weight is 427 g/mol. The topological polar surface area (TPSA) is 96.2 Å². The minimum Gasteiger partial charge on any atom is -0.481 e. The van der Waals surface area contributed by atoms with Crippen LogP contribution in [0.25, 0.3) is 0 Å². The first-order valence-electron chi connectivity index (χ1n) is 12.0. The molecular weight excluding hydrogens is 384 g/mol. The lowest BCUT2D eigenvalue weighted by molar-refractivity contribution is -0.162. The molecular formula is C24H42O6. The molecule has 1 unspecified atom stereocenters. The number of carboxylic acid groups (broad SMARTS) is 1. The Bertz CT molecular complexity index is 522. The van der Waals surface area contributed by atoms with E-state index in [1.165, 1.54) is 44.9 Å². The molecule has 6 heteroatoms. The van der Waals surface area contributed by atoms with Crippen LogP contribution in [0.15, 0.2) is 12.2 Å². The zero-order valence-electron chi connectivity index (χ0n) is 18.6. The summed E-state index contributed by atoms with van der Waals surface area (Å²) in [5, 5.41) is 30.5. The van der Waals surface area contributed by atoms with Crippen molar-refractivity contribution >= 4 is 5.97 Å². The molecule has 3 N–H and O–H groups in total. The number of hydrogen-bond acceptors (Lipinski definition) is 5. The van der Waals surface area contributed by atoms with Crippen LogP contribution in [0.2, 0.25) is 0 Å². The average Bonchev–Trinajstić information content (AvgIpc) is 3.26. The van der Waals surface area contributed by atoms with E-state index in [-0.39, 0.29) is 13.2 Å². The molecule has 0 aromatic carbocycles. The lowest BCUT2D eigenvalue weighted by atomic mass is 9.79. The summed E-state index contributed by atoms with van der Waals surface area (Å²) in [6, 6.07) is 0. The molecule has 2 saturated heterocycles. The number of fused-ring (bicyclic) bond motifs is 1. The van der Waals surface area contributed by atoms with Crippen molar-refractivity contribution in [3.63, 3.8) is 0 Å². The first kappa shape index (κ1) is 25.3. The van der Waals surface area contributed by atoms with Gasteiger partial charge >= 0.3 is 5.97 Å². The van der Waals surface area contributed by atoms with Crippen molar-refractivity contribution in [3.05, 3.63) is 12.2 Å². The van der Waals surface area contributed by atoms with Gasteiger partial charge in [0.15, 0.2) is 0 Å². The molecule has 0 radical (unpaired) electrons. The summed E-state index contributed by atoms with van der Waals surface area (Å²) in [6.07, 6.45) is 16.9. The molecule has 2 fully saturated rings. The maximum atomic E-state index is 11.8. The number of aliphatic hydroxyl groups excluding tert-OH is 1. The first-order chi connectivity index (χ1) is 14.5. The van der Waals surface area contributed by atoms with E-state index in [0.29, 0.717) is 6.42 Å². The van der Waals surface area contributed by atoms with Gasteiger partial charge in [-0.1, -0.05) is 70.4 Å². The SMILES string of the molecule is CCCCCCCC/C=C\CCCCCCC(C(=O)O)[C@@]1(O)CO[C@@H]2[C@H](O)CO[C@@H]21. The normalized spacial score (nSPS) is 29.5. The van der Waals surface area contributed by atoms with Gasteiger partial charge in [-0.2, -0.15) is 0 Å². The number of hydrogen-bond donors (Lipinski definition) is 3. The summed E-state index contributed by atoms with van der Waals surface area (Å²) in [5.74, 6) is -1.96. The largest absolute Gasteiger partial charge is 0.481 e. The zero-order chi connectivity index (χ0) is 21.8. The van der Waals surface area contributed by atoms with Gasteiger partial charge < -0.3 is 24.8 Å². The van der Waals surface area contributed by atoms with Crippen molar-refractivity contribution in [3.8, 4) is 0 Å². The number of carboxylic acids is 1. The summed E-state index contributed by atoms with van der Waals surface area (Å²) in [6.45, 7) is 2.22. The van der Waals surface area contributed by atoms with Crippen LogP contribution in [-0.4, -0.2) is 58.4 Å². The van der Waals surface area contributed by atoms with Gasteiger partial charge in [0.1, 0.15) is 23.9 Å². The maximum Gasteiger partial charge on any atom is 0.309 e. The second kappa shape index (κ2) is 13.5. The number of unbranched alkanes of at least 4 members (excludes halogenated alkanes) is 10. The van der Waals surface area contributed by atoms with Crippen LogP contribution in [0.4, 0.5) is 0 Å². The van der Waals surface area contributed by atoms with Crippen LogP contribution in [0.5, 0.6) is 0 Å². The third-order valence-electron chi connectivity index (χ3n) is 6.53. The second-order valence-corrected chi connectivity index (χ2v) is 9.00. The van der Waals surface area contributed by atoms with Crippen LogP contribution in [0, 0.1) is 5.92 Å². The highest BCUT2D eigenvalue weighted by atomic mass is 16.6. The minimum atomic E-state index is -1.56. The van der Waals surface area contributed by atoms with E-state index in [0.717, 1.165) is 32.1 Å². The highest BCUT2D eigenvalue weighted by Crippen LogP contribution is 2.40. The Morgan fingerprint density at radius 2 is 1.60 bits per heavy atom. The van der Waals surface area contributed by atoms with E-state index in [1.807, 2.05) is 0 Å². The fourth-order valence-electron chi connectivity index (χ4n) is 4.66. The van der Waals surface area contributed by atoms with Gasteiger partial charge in [-0.15, -0.1) is 0 Å². The fourth-order valence-corrected chi connectivity index (χ4v) is 4.66. The molecule has 30 heavy (non-hydrogen) atoms. The van der Waals surface area contributed by atoms with Crippen molar-refractivity contribution in [1.29, 1.82) is 0 Å². The van der Waals surface area contributed by atoms with E-state index in [1.54, 1.807) is 0 Å². The molecule has 0 aromatic heterocycles. The van der Waals surface area contributed by atoms with Crippen LogP contribution >= 0.6 is 0 Å². The van der Waals surface area contributed by atoms with Gasteiger partial charge in [-0.3, -0.25) is 4.79 Å². The molecule has 2 heterocycles. The van der Waals surface area contributed by atoms with Crippen LogP contribution in [0.1, 0.15) is 90.4 Å². The fraction of sp³-hybridized carbons (Fsp3) is 0.875. The molecule has 0 bridgehead atoms. The Morgan fingerprint density at radius 1 is 1.00 bits per heavy atom. The molecule has 2 rings (SSSR count). The molecule has 0 aromatic rings. The Hall–Kier alpha value is -0.950. The van der Waals surface area contributed by atoms with Gasteiger partial charge in [-0.25, -0.2) is 0 Å². The molecule has 2 aliphatic rings. The monoisotopic (exact) mass is 426 g/mol. The zero-order valence-corrected chi connectivity index (χ0v) is 18.6. The van der Waals surface area contributed by atoms with Gasteiger partial charge in [-0.05, 0) is 32.1 Å². The molecule has 5 atom stereocenters. The number of aliphatic carboxylic acids is 1. The highest BCUT2D eigenvalue weighted by molar-refractivity contribution is 5.72. The Kier molecular flexibility index (Phi) is 11.4. The third-order valence-corrected chi connectivity index (χ3v) is 6.53. The standard InChI is InChI=1S/C24H42O6/c1-2-3-4-5-6-7-8-9-10-11-12-13-14-15-16-19(23(26)27)24(28)18-30-21-20(25)17-29-22(21)24/h9-10,19-22,25,28H,2-8,11-18H2,1H3,(H,26,27)/b10-9-/t19?,20-,21-,22+,24+/m1/s1. The summed E-state index contributed by atoms with van der Waals surface area (Å²) in [7, 11) is 0. The molecule has 2 aliphatic heterocycles. The highest BCUT2D eigenvalue weighted by Gasteiger charge is 2.60. The van der Waals surface area contributed by atoms with Crippen LogP contribution in [-0.2, 0) is 14.3 Å². The van der Waals surface area contributed by atoms with Crippen molar-refractivity contribution < 1.29 is 29.6 Å². The van der Waals surface area contributed by atoms with Crippen molar-refractivity contribution in [2.24, 2.45) is 5.92 Å². The van der Waals surface area contributed by atoms with Crippen molar-refractivity contribution in [2.45, 2.75) is 114 Å². The summed E-state index contributed by atoms with van der Waals surface area (Å²) < 4.78 is 10.9. The van der Waals surface area contributed by atoms with Crippen LogP contribution in [0.3, 0.4) is 0 Å². The second-order valence-electron chi connectivity index (χ2n) is 9.00. The molecule has 174 valence electrons. The van der Waals surface area contributed by atoms with E-state index < -0.39 is 35.8 Å². The number of allylic oxidation sites excluding steroid dienone is 2. The lowest BCUT2D eigenvalue weighted by Crippen LogP contribution is -2.52. The van der Waals surface area contributed by atoms with Gasteiger partial charge in [0, 0.05) is 0 Å². The summed E-state index contributed by atoms with van der Waals surface area (Å²) in [5.41, 5.74) is -1.56. The van der Waals surface area contributed by atoms with Crippen LogP contribution < -0.4 is 0 Å². The lowest BCUT2D eigenvalue weighted by Gasteiger charge is -2.32. The summed E-state index contributed by atoms with van der Waals surface area (Å²) >= 11 is 0. The first-order valence-corrected chi connectivity index (χ1v) is 12.0. The smallest absolute Gasteiger partial charge is 0.309 e. The Morgan fingerprint density at radius 3 is 2.23 bits per heavy atom. The van der Waals surface area contributed by atoms with Crippen molar-refractivity contribution in [1.82, 2.24) is 0 Å². The minimum absolute atomic E-state index is 0.0797. The molecule has 0 saturated carbocycles. The van der Waals surface area contributed by atoms with E-state index in [2.05, 4.69) is 19.1 Å². The molecule has 0 amide bonds. The van der Waals surface area contributed by atoms with E-state index in [4.69, 9.17) is 9.47 Å². The van der Waals surface area contributed by atoms with Crippen molar-refractivity contribution in [2.75, 3.05) is 13.2 Å². The predicted octanol–water partition coefficient (Wildman–Crippen LogP) is 4.22. The number of rotatable bonds is 16. The molecule has 6 nitrogen and oxygen atoms in total. The van der Waals surface area contributed by atoms with E-state index >= 15 is 0 Å².